The van der Waals surface area contributed by atoms with Crippen LogP contribution in [0.25, 0.3) is 0 Å². The first-order chi connectivity index (χ1) is 8.07. The van der Waals surface area contributed by atoms with Gasteiger partial charge in [0.25, 0.3) is 5.91 Å². The van der Waals surface area contributed by atoms with Gasteiger partial charge in [0, 0.05) is 12.6 Å². The second-order valence-electron chi connectivity index (χ2n) is 5.61. The number of carbonyl (C=O) groups is 1. The first-order valence-electron chi connectivity index (χ1n) is 6.24. The Hall–Kier alpha value is -0.780. The van der Waals surface area contributed by atoms with Crippen molar-refractivity contribution < 1.29 is 18.0 Å². The van der Waals surface area contributed by atoms with Crippen LogP contribution in [0, 0.1) is 5.92 Å². The van der Waals surface area contributed by atoms with Crippen molar-refractivity contribution in [2.75, 3.05) is 6.54 Å². The highest BCUT2D eigenvalue weighted by Crippen LogP contribution is 2.34. The molecule has 1 aliphatic rings. The molecule has 3 nitrogen and oxygen atoms in total. The number of nitrogens with zero attached hydrogens (tertiary/aromatic N) is 1. The van der Waals surface area contributed by atoms with Crippen molar-refractivity contribution in [3.8, 4) is 0 Å². The topological polar surface area (TPSA) is 46.3 Å². The summed E-state index contributed by atoms with van der Waals surface area (Å²) in [5.41, 5.74) is 2.41. The lowest BCUT2D eigenvalue weighted by Crippen LogP contribution is -2.62. The Labute approximate surface area is 106 Å². The van der Waals surface area contributed by atoms with Gasteiger partial charge < -0.3 is 10.6 Å². The summed E-state index contributed by atoms with van der Waals surface area (Å²) in [7, 11) is 0. The zero-order chi connectivity index (χ0) is 14.1. The van der Waals surface area contributed by atoms with Gasteiger partial charge in [-0.25, -0.2) is 0 Å². The fourth-order valence-electron chi connectivity index (χ4n) is 1.65. The minimum atomic E-state index is -4.71. The summed E-state index contributed by atoms with van der Waals surface area (Å²) in [5.74, 6) is -0.660. The van der Waals surface area contributed by atoms with E-state index in [1.54, 1.807) is 0 Å². The van der Waals surface area contributed by atoms with Crippen molar-refractivity contribution >= 4 is 5.91 Å². The second-order valence-corrected chi connectivity index (χ2v) is 5.61. The van der Waals surface area contributed by atoms with E-state index in [1.807, 2.05) is 13.8 Å². The minimum Gasteiger partial charge on any atom is -0.338 e. The molecule has 0 heterocycles. The van der Waals surface area contributed by atoms with E-state index in [9.17, 15) is 18.0 Å². The number of carbonyl (C=O) groups excluding carboxylic acids is 1. The lowest BCUT2D eigenvalue weighted by molar-refractivity contribution is -0.194. The van der Waals surface area contributed by atoms with E-state index in [4.69, 9.17) is 5.73 Å². The van der Waals surface area contributed by atoms with Crippen LogP contribution in [0.2, 0.25) is 0 Å². The Balaban J connectivity index is 2.76. The number of nitrogens with two attached hydrogens (primary N) is 1. The van der Waals surface area contributed by atoms with Crippen LogP contribution in [-0.4, -0.2) is 35.1 Å². The van der Waals surface area contributed by atoms with Crippen molar-refractivity contribution in [2.24, 2.45) is 11.7 Å². The van der Waals surface area contributed by atoms with Gasteiger partial charge in [-0.2, -0.15) is 13.2 Å². The zero-order valence-corrected chi connectivity index (χ0v) is 11.0. The molecular formula is C12H21F3N2O. The van der Waals surface area contributed by atoms with Crippen LogP contribution in [0.15, 0.2) is 0 Å². The summed E-state index contributed by atoms with van der Waals surface area (Å²) in [6.07, 6.45) is -2.47. The molecule has 18 heavy (non-hydrogen) atoms. The number of hydrogen-bond donors (Lipinski definition) is 1. The predicted octanol–water partition coefficient (Wildman–Crippen LogP) is 2.30. The first kappa shape index (κ1) is 15.3. The normalized spacial score (nSPS) is 19.8. The Bertz CT molecular complexity index is 309. The van der Waals surface area contributed by atoms with E-state index >= 15 is 0 Å². The summed E-state index contributed by atoms with van der Waals surface area (Å²) < 4.78 is 38.3. The first-order valence-corrected chi connectivity index (χ1v) is 6.24. The highest BCUT2D eigenvalue weighted by Gasteiger charge is 2.56. The lowest BCUT2D eigenvalue weighted by atomic mass is 10.0. The summed E-state index contributed by atoms with van der Waals surface area (Å²) in [4.78, 5) is 13.3. The van der Waals surface area contributed by atoms with Crippen LogP contribution in [0.1, 0.15) is 40.0 Å². The maximum absolute atomic E-state index is 12.8. The maximum Gasteiger partial charge on any atom is 0.415 e. The zero-order valence-electron chi connectivity index (χ0n) is 11.0. The molecule has 106 valence electrons. The Morgan fingerprint density at radius 3 is 2.22 bits per heavy atom. The third-order valence-corrected chi connectivity index (χ3v) is 3.23. The number of rotatable bonds is 5. The highest BCUT2D eigenvalue weighted by atomic mass is 19.4. The average Bonchev–Trinajstić information content (AvgIpc) is 2.99. The van der Waals surface area contributed by atoms with Crippen molar-refractivity contribution in [3.63, 3.8) is 0 Å². The minimum absolute atomic E-state index is 0.0542. The molecule has 0 aromatic heterocycles. The Morgan fingerprint density at radius 1 is 1.39 bits per heavy atom. The molecule has 1 rings (SSSR count). The molecule has 0 bridgehead atoms. The number of alkyl halides is 3. The summed E-state index contributed by atoms with van der Waals surface area (Å²) in [5, 5.41) is 0. The van der Waals surface area contributed by atoms with E-state index in [-0.39, 0.29) is 6.04 Å². The standard InChI is InChI=1S/C12H21F3N2O/c1-8(2)6-7-17(9-4-5-9)10(18)11(3,16)12(13,14)15/h8-9H,4-7,16H2,1-3H3. The molecule has 1 aliphatic carbocycles. The third kappa shape index (κ3) is 3.37. The van der Waals surface area contributed by atoms with Gasteiger partial charge in [0.1, 0.15) is 0 Å². The van der Waals surface area contributed by atoms with Gasteiger partial charge in [0.2, 0.25) is 0 Å². The van der Waals surface area contributed by atoms with Crippen molar-refractivity contribution in [3.05, 3.63) is 0 Å². The monoisotopic (exact) mass is 266 g/mol. The smallest absolute Gasteiger partial charge is 0.338 e. The van der Waals surface area contributed by atoms with Gasteiger partial charge in [-0.15, -0.1) is 0 Å². The van der Waals surface area contributed by atoms with E-state index in [2.05, 4.69) is 0 Å². The molecule has 1 fully saturated rings. The van der Waals surface area contributed by atoms with Gasteiger partial charge in [0.15, 0.2) is 5.54 Å². The van der Waals surface area contributed by atoms with E-state index in [1.165, 1.54) is 4.90 Å². The van der Waals surface area contributed by atoms with Crippen LogP contribution in [0.3, 0.4) is 0 Å². The number of amides is 1. The van der Waals surface area contributed by atoms with Gasteiger partial charge in [-0.05, 0) is 32.1 Å². The largest absolute Gasteiger partial charge is 0.415 e. The summed E-state index contributed by atoms with van der Waals surface area (Å²) >= 11 is 0. The molecule has 1 atom stereocenters. The Kier molecular flexibility index (Phi) is 4.30. The van der Waals surface area contributed by atoms with Gasteiger partial charge in [0.05, 0.1) is 0 Å². The molecule has 1 amide bonds. The van der Waals surface area contributed by atoms with Crippen LogP contribution in [0.4, 0.5) is 13.2 Å². The molecule has 2 N–H and O–H groups in total. The van der Waals surface area contributed by atoms with E-state index in [0.717, 1.165) is 19.8 Å². The molecule has 0 saturated heterocycles. The van der Waals surface area contributed by atoms with Crippen molar-refractivity contribution in [1.29, 1.82) is 0 Å². The van der Waals surface area contributed by atoms with Gasteiger partial charge in [-0.1, -0.05) is 13.8 Å². The molecule has 0 aromatic rings. The molecule has 0 radical (unpaired) electrons. The number of hydrogen-bond acceptors (Lipinski definition) is 2. The number of halogens is 3. The maximum atomic E-state index is 12.8. The SMILES string of the molecule is CC(C)CCN(C(=O)C(C)(N)C(F)(F)F)C1CC1. The summed E-state index contributed by atoms with van der Waals surface area (Å²) in [6.45, 7) is 5.05. The van der Waals surface area contributed by atoms with Crippen LogP contribution < -0.4 is 5.73 Å². The van der Waals surface area contributed by atoms with Gasteiger partial charge >= 0.3 is 6.18 Å². The van der Waals surface area contributed by atoms with Gasteiger partial charge in [-0.3, -0.25) is 4.79 Å². The van der Waals surface area contributed by atoms with Crippen LogP contribution in [-0.2, 0) is 4.79 Å². The third-order valence-electron chi connectivity index (χ3n) is 3.23. The van der Waals surface area contributed by atoms with E-state index < -0.39 is 17.6 Å². The molecule has 6 heteroatoms. The summed E-state index contributed by atoms with van der Waals surface area (Å²) in [6, 6.07) is -0.0542. The molecule has 0 aliphatic heterocycles. The van der Waals surface area contributed by atoms with Crippen molar-refractivity contribution in [1.82, 2.24) is 4.90 Å². The quantitative estimate of drug-likeness (QED) is 0.830. The molecule has 0 spiro atoms. The second kappa shape index (κ2) is 5.07. The van der Waals surface area contributed by atoms with Crippen LogP contribution in [0.5, 0.6) is 0 Å². The predicted molar refractivity (Wildman–Crippen MR) is 62.8 cm³/mol. The van der Waals surface area contributed by atoms with E-state index in [0.29, 0.717) is 18.9 Å². The average molecular weight is 266 g/mol. The molecule has 1 unspecified atom stereocenters. The molecule has 1 saturated carbocycles. The molecular weight excluding hydrogens is 245 g/mol. The fourth-order valence-corrected chi connectivity index (χ4v) is 1.65. The Morgan fingerprint density at radius 2 is 1.89 bits per heavy atom. The highest BCUT2D eigenvalue weighted by molar-refractivity contribution is 5.87. The van der Waals surface area contributed by atoms with Crippen LogP contribution >= 0.6 is 0 Å². The fraction of sp³-hybridized carbons (Fsp3) is 0.917. The van der Waals surface area contributed by atoms with Crippen molar-refractivity contribution in [2.45, 2.75) is 57.8 Å². The molecule has 0 aromatic carbocycles. The lowest BCUT2D eigenvalue weighted by Gasteiger charge is -2.33.